The number of amides is 4. The van der Waals surface area contributed by atoms with Gasteiger partial charge >= 0.3 is 12.1 Å². The number of nitrogens with one attached hydrogen (secondary N) is 2. The van der Waals surface area contributed by atoms with Crippen molar-refractivity contribution in [2.45, 2.75) is 25.2 Å². The first kappa shape index (κ1) is 16.2. The second-order valence-electron chi connectivity index (χ2n) is 6.31. The van der Waals surface area contributed by atoms with Crippen LogP contribution in [0.4, 0.5) is 9.59 Å². The predicted octanol–water partition coefficient (Wildman–Crippen LogP) is 1.08. The van der Waals surface area contributed by atoms with E-state index in [4.69, 9.17) is 4.74 Å². The summed E-state index contributed by atoms with van der Waals surface area (Å²) in [4.78, 5) is 27.6. The van der Waals surface area contributed by atoms with Crippen molar-refractivity contribution < 1.29 is 19.4 Å². The maximum atomic E-state index is 12.4. The lowest BCUT2D eigenvalue weighted by atomic mass is 9.81. The molecule has 2 fully saturated rings. The van der Waals surface area contributed by atoms with Crippen LogP contribution in [0.3, 0.4) is 0 Å². The molecule has 130 valence electrons. The van der Waals surface area contributed by atoms with Crippen molar-refractivity contribution in [2.24, 2.45) is 5.92 Å². The van der Waals surface area contributed by atoms with Gasteiger partial charge in [0, 0.05) is 26.1 Å². The van der Waals surface area contributed by atoms with E-state index in [1.807, 2.05) is 6.92 Å². The maximum Gasteiger partial charge on any atom is 0.319 e. The van der Waals surface area contributed by atoms with E-state index in [0.29, 0.717) is 5.75 Å². The zero-order valence-corrected chi connectivity index (χ0v) is 14.1. The zero-order valence-electron chi connectivity index (χ0n) is 14.1. The summed E-state index contributed by atoms with van der Waals surface area (Å²) in [6.07, 6.45) is -0.401. The minimum absolute atomic E-state index is 0.0443. The van der Waals surface area contributed by atoms with Crippen molar-refractivity contribution in [2.75, 3.05) is 21.2 Å². The van der Waals surface area contributed by atoms with E-state index in [9.17, 15) is 14.7 Å². The summed E-state index contributed by atoms with van der Waals surface area (Å²) in [5.41, 5.74) is 0.841. The van der Waals surface area contributed by atoms with Crippen molar-refractivity contribution in [3.63, 3.8) is 0 Å². The molecule has 8 nitrogen and oxygen atoms in total. The molecule has 2 aliphatic heterocycles. The van der Waals surface area contributed by atoms with Gasteiger partial charge in [0.1, 0.15) is 6.17 Å². The van der Waals surface area contributed by atoms with Gasteiger partial charge in [0.2, 0.25) is 0 Å². The van der Waals surface area contributed by atoms with Gasteiger partial charge in [0.25, 0.3) is 0 Å². The topological polar surface area (TPSA) is 94.1 Å². The van der Waals surface area contributed by atoms with E-state index in [-0.39, 0.29) is 35.8 Å². The standard InChI is InChI=1S/C16H22N4O4/c1-8-12-13(9-5-6-10(21)11(7-9)24-4)19(2)16(23)18-14(12)20(3)15(22)17-8/h5-8,12-14,21H,1-4H3,(H,17,22)(H,18,23). The summed E-state index contributed by atoms with van der Waals surface area (Å²) in [7, 11) is 4.87. The third kappa shape index (κ3) is 2.38. The fraction of sp³-hybridized carbons (Fsp3) is 0.500. The number of aromatic hydroxyl groups is 1. The Morgan fingerprint density at radius 1 is 1.12 bits per heavy atom. The first-order valence-electron chi connectivity index (χ1n) is 7.78. The number of ether oxygens (including phenoxy) is 1. The highest BCUT2D eigenvalue weighted by atomic mass is 16.5. The smallest absolute Gasteiger partial charge is 0.319 e. The zero-order chi connectivity index (χ0) is 17.6. The van der Waals surface area contributed by atoms with E-state index < -0.39 is 6.17 Å². The van der Waals surface area contributed by atoms with Gasteiger partial charge in [-0.3, -0.25) is 0 Å². The molecule has 24 heavy (non-hydrogen) atoms. The molecule has 2 saturated heterocycles. The minimum Gasteiger partial charge on any atom is -0.504 e. The average molecular weight is 334 g/mol. The number of methoxy groups -OCH3 is 1. The predicted molar refractivity (Wildman–Crippen MR) is 86.7 cm³/mol. The van der Waals surface area contributed by atoms with E-state index in [1.165, 1.54) is 12.0 Å². The van der Waals surface area contributed by atoms with Gasteiger partial charge in [-0.2, -0.15) is 0 Å². The summed E-state index contributed by atoms with van der Waals surface area (Å²) < 4.78 is 5.19. The quantitative estimate of drug-likeness (QED) is 0.754. The first-order chi connectivity index (χ1) is 11.3. The number of rotatable bonds is 2. The molecule has 4 amide bonds. The van der Waals surface area contributed by atoms with Crippen LogP contribution in [0.1, 0.15) is 18.5 Å². The molecule has 4 unspecified atom stereocenters. The Morgan fingerprint density at radius 2 is 1.79 bits per heavy atom. The van der Waals surface area contributed by atoms with Crippen LogP contribution in [0.2, 0.25) is 0 Å². The van der Waals surface area contributed by atoms with Crippen molar-refractivity contribution in [3.05, 3.63) is 23.8 Å². The number of nitrogens with zero attached hydrogens (tertiary/aromatic N) is 2. The normalized spacial score (nSPS) is 29.7. The molecule has 2 aliphatic rings. The maximum absolute atomic E-state index is 12.4. The van der Waals surface area contributed by atoms with Gasteiger partial charge in [-0.15, -0.1) is 0 Å². The molecule has 0 aliphatic carbocycles. The molecular weight excluding hydrogens is 312 g/mol. The molecule has 3 rings (SSSR count). The molecule has 0 spiro atoms. The largest absolute Gasteiger partial charge is 0.504 e. The molecule has 0 radical (unpaired) electrons. The molecule has 8 heteroatoms. The molecule has 0 aromatic heterocycles. The number of hydrogen-bond donors (Lipinski definition) is 3. The van der Waals surface area contributed by atoms with Crippen LogP contribution in [0.5, 0.6) is 11.5 Å². The van der Waals surface area contributed by atoms with E-state index in [1.54, 1.807) is 37.2 Å². The Bertz CT molecular complexity index is 680. The van der Waals surface area contributed by atoms with Crippen LogP contribution in [-0.2, 0) is 0 Å². The van der Waals surface area contributed by atoms with Crippen LogP contribution >= 0.6 is 0 Å². The fourth-order valence-electron chi connectivity index (χ4n) is 3.63. The molecular formula is C16H22N4O4. The average Bonchev–Trinajstić information content (AvgIpc) is 2.55. The van der Waals surface area contributed by atoms with Crippen LogP contribution < -0.4 is 15.4 Å². The van der Waals surface area contributed by atoms with Crippen LogP contribution in [0.25, 0.3) is 0 Å². The first-order valence-corrected chi connectivity index (χ1v) is 7.78. The number of carbonyl (C=O) groups excluding carboxylic acids is 2. The van der Waals surface area contributed by atoms with Gasteiger partial charge in [-0.1, -0.05) is 6.07 Å². The SMILES string of the molecule is COc1cc(C2C3C(C)NC(=O)N(C)C3NC(=O)N2C)ccc1O. The Balaban J connectivity index is 2.06. The fourth-order valence-corrected chi connectivity index (χ4v) is 3.63. The molecule has 0 saturated carbocycles. The van der Waals surface area contributed by atoms with Crippen LogP contribution in [-0.4, -0.2) is 60.4 Å². The molecule has 4 atom stereocenters. The summed E-state index contributed by atoms with van der Waals surface area (Å²) >= 11 is 0. The Labute approximate surface area is 140 Å². The van der Waals surface area contributed by atoms with Crippen molar-refractivity contribution >= 4 is 12.1 Å². The third-order valence-electron chi connectivity index (χ3n) is 4.95. The number of urea groups is 2. The second kappa shape index (κ2) is 5.77. The van der Waals surface area contributed by atoms with Gasteiger partial charge < -0.3 is 30.3 Å². The lowest BCUT2D eigenvalue weighted by Crippen LogP contribution is -2.71. The number of carbonyl (C=O) groups is 2. The second-order valence-corrected chi connectivity index (χ2v) is 6.31. The molecule has 3 N–H and O–H groups in total. The Hall–Kier alpha value is -2.64. The van der Waals surface area contributed by atoms with Gasteiger partial charge in [0.15, 0.2) is 11.5 Å². The van der Waals surface area contributed by atoms with Crippen molar-refractivity contribution in [1.29, 1.82) is 0 Å². The minimum atomic E-state index is -0.401. The summed E-state index contributed by atoms with van der Waals surface area (Å²) in [6.45, 7) is 1.93. The highest BCUT2D eigenvalue weighted by Crippen LogP contribution is 2.40. The van der Waals surface area contributed by atoms with E-state index in [0.717, 1.165) is 5.56 Å². The lowest BCUT2D eigenvalue weighted by molar-refractivity contribution is 0.0247. The van der Waals surface area contributed by atoms with Crippen LogP contribution in [0.15, 0.2) is 18.2 Å². The van der Waals surface area contributed by atoms with Crippen molar-refractivity contribution in [1.82, 2.24) is 20.4 Å². The number of fused-ring (bicyclic) bond motifs is 1. The summed E-state index contributed by atoms with van der Waals surface area (Å²) in [5, 5.41) is 15.7. The lowest BCUT2D eigenvalue weighted by Gasteiger charge is -2.52. The molecule has 0 bridgehead atoms. The van der Waals surface area contributed by atoms with Gasteiger partial charge in [0.05, 0.1) is 13.2 Å². The molecule has 2 heterocycles. The highest BCUT2D eigenvalue weighted by molar-refractivity contribution is 5.80. The summed E-state index contributed by atoms with van der Waals surface area (Å²) in [6, 6.07) is 4.20. The third-order valence-corrected chi connectivity index (χ3v) is 4.95. The van der Waals surface area contributed by atoms with Crippen molar-refractivity contribution in [3.8, 4) is 11.5 Å². The van der Waals surface area contributed by atoms with Gasteiger partial charge in [-0.05, 0) is 24.6 Å². The van der Waals surface area contributed by atoms with Gasteiger partial charge in [-0.25, -0.2) is 9.59 Å². The monoisotopic (exact) mass is 334 g/mol. The number of phenols is 1. The Kier molecular flexibility index (Phi) is 3.90. The Morgan fingerprint density at radius 3 is 2.46 bits per heavy atom. The highest BCUT2D eigenvalue weighted by Gasteiger charge is 2.49. The summed E-state index contributed by atoms with van der Waals surface area (Å²) in [5.74, 6) is 0.330. The molecule has 1 aromatic rings. The number of benzene rings is 1. The van der Waals surface area contributed by atoms with Crippen LogP contribution in [0, 0.1) is 5.92 Å². The van der Waals surface area contributed by atoms with E-state index >= 15 is 0 Å². The van der Waals surface area contributed by atoms with E-state index in [2.05, 4.69) is 10.6 Å². The number of phenolic OH excluding ortho intramolecular Hbond substituents is 1. The number of hydrogen-bond acceptors (Lipinski definition) is 4. The molecule has 1 aromatic carbocycles.